The molecule has 0 aromatic carbocycles. The fourth-order valence-electron chi connectivity index (χ4n) is 2.54. The van der Waals surface area contributed by atoms with Gasteiger partial charge in [-0.25, -0.2) is 4.31 Å². The molecule has 1 aliphatic carbocycles. The molecule has 0 unspecified atom stereocenters. The third-order valence-corrected chi connectivity index (χ3v) is 4.58. The maximum Gasteiger partial charge on any atom is 0.324 e. The van der Waals surface area contributed by atoms with Gasteiger partial charge in [-0.05, 0) is 12.8 Å². The summed E-state index contributed by atoms with van der Waals surface area (Å²) in [6.07, 6.45) is 4.97. The molecule has 1 heterocycles. The van der Waals surface area contributed by atoms with Gasteiger partial charge in [0.05, 0.1) is 12.0 Å². The van der Waals surface area contributed by atoms with Crippen molar-refractivity contribution in [2.75, 3.05) is 0 Å². The molecule has 1 saturated heterocycles. The second-order valence-corrected chi connectivity index (χ2v) is 6.42. The minimum atomic E-state index is -3.87. The van der Waals surface area contributed by atoms with E-state index in [0.717, 1.165) is 36.4 Å². The lowest BCUT2D eigenvalue weighted by molar-refractivity contribution is -0.147. The number of amides is 1. The number of halogens is 1. The first-order chi connectivity index (χ1) is 6.46. The van der Waals surface area contributed by atoms with Crippen molar-refractivity contribution in [2.45, 2.75) is 44.1 Å². The topological polar surface area (TPSA) is 54.5 Å². The molecule has 6 heteroatoms. The van der Waals surface area contributed by atoms with Crippen LogP contribution in [0, 0.1) is 0 Å². The summed E-state index contributed by atoms with van der Waals surface area (Å²) in [5.41, 5.74) is -0.462. The van der Waals surface area contributed by atoms with E-state index >= 15 is 0 Å². The minimum Gasteiger partial charge on any atom is -0.274 e. The Hall–Kier alpha value is -0.290. The Kier molecular flexibility index (Phi) is 2.27. The van der Waals surface area contributed by atoms with E-state index in [9.17, 15) is 13.2 Å². The van der Waals surface area contributed by atoms with Crippen molar-refractivity contribution in [3.8, 4) is 0 Å². The third kappa shape index (κ3) is 1.42. The molecule has 1 saturated carbocycles. The molecule has 1 spiro atoms. The number of carbonyl (C=O) groups excluding carboxylic acids is 1. The summed E-state index contributed by atoms with van der Waals surface area (Å²) in [4.78, 5) is 11.2. The second-order valence-electron chi connectivity index (χ2n) is 4.06. The highest BCUT2D eigenvalue weighted by Crippen LogP contribution is 2.46. The lowest BCUT2D eigenvalue weighted by Crippen LogP contribution is -2.65. The van der Waals surface area contributed by atoms with Crippen molar-refractivity contribution >= 4 is 25.8 Å². The van der Waals surface area contributed by atoms with Crippen molar-refractivity contribution in [1.82, 2.24) is 4.31 Å². The molecule has 4 nitrogen and oxygen atoms in total. The van der Waals surface area contributed by atoms with Crippen LogP contribution in [0.4, 0.5) is 0 Å². The third-order valence-electron chi connectivity index (χ3n) is 3.14. The average molecular weight is 238 g/mol. The van der Waals surface area contributed by atoms with Gasteiger partial charge in [-0.3, -0.25) is 4.79 Å². The first kappa shape index (κ1) is 10.2. The van der Waals surface area contributed by atoms with Gasteiger partial charge in [0.25, 0.3) is 0 Å². The molecule has 0 aromatic heterocycles. The molecule has 80 valence electrons. The lowest BCUT2D eigenvalue weighted by Gasteiger charge is -2.51. The number of rotatable bonds is 1. The molecule has 0 aromatic rings. The van der Waals surface area contributed by atoms with Gasteiger partial charge in [0.15, 0.2) is 0 Å². The highest BCUT2D eigenvalue weighted by Gasteiger charge is 2.56. The summed E-state index contributed by atoms with van der Waals surface area (Å²) < 4.78 is 23.2. The standard InChI is InChI=1S/C8H12ClNO3S/c9-14(12,13)10-7(11)6-8(10)4-2-1-3-5-8/h1-6H2. The Labute approximate surface area is 87.8 Å². The maximum absolute atomic E-state index is 11.2. The van der Waals surface area contributed by atoms with Gasteiger partial charge >= 0.3 is 9.24 Å². The molecule has 0 N–H and O–H groups in total. The highest BCUT2D eigenvalue weighted by molar-refractivity contribution is 8.12. The smallest absolute Gasteiger partial charge is 0.274 e. The Bertz CT molecular complexity index is 359. The first-order valence-electron chi connectivity index (χ1n) is 4.74. The van der Waals surface area contributed by atoms with Crippen molar-refractivity contribution in [1.29, 1.82) is 0 Å². The number of β-lactam (4-membered cyclic amide) rings is 1. The van der Waals surface area contributed by atoms with Gasteiger partial charge in [0.2, 0.25) is 5.91 Å². The van der Waals surface area contributed by atoms with Crippen LogP contribution in [0.1, 0.15) is 38.5 Å². The van der Waals surface area contributed by atoms with Crippen LogP contribution in [-0.4, -0.2) is 24.2 Å². The van der Waals surface area contributed by atoms with Gasteiger partial charge in [-0.2, -0.15) is 8.42 Å². The van der Waals surface area contributed by atoms with Crippen molar-refractivity contribution < 1.29 is 13.2 Å². The quantitative estimate of drug-likeness (QED) is 0.512. The van der Waals surface area contributed by atoms with Gasteiger partial charge in [0.1, 0.15) is 0 Å². The molecular formula is C8H12ClNO3S. The zero-order chi connectivity index (χ0) is 10.4. The average Bonchev–Trinajstić information content (AvgIpc) is 2.01. The second kappa shape index (κ2) is 3.10. The molecule has 2 aliphatic rings. The summed E-state index contributed by atoms with van der Waals surface area (Å²) in [6.45, 7) is 0. The largest absolute Gasteiger partial charge is 0.324 e. The number of carbonyl (C=O) groups is 1. The Balaban J connectivity index is 2.26. The van der Waals surface area contributed by atoms with E-state index in [2.05, 4.69) is 0 Å². The first-order valence-corrected chi connectivity index (χ1v) is 7.00. The lowest BCUT2D eigenvalue weighted by atomic mass is 9.74. The Morgan fingerprint density at radius 1 is 1.21 bits per heavy atom. The molecule has 2 fully saturated rings. The normalized spacial score (nSPS) is 26.4. The van der Waals surface area contributed by atoms with Crippen molar-refractivity contribution in [3.63, 3.8) is 0 Å². The predicted octanol–water partition coefficient (Wildman–Crippen LogP) is 1.41. The summed E-state index contributed by atoms with van der Waals surface area (Å²) >= 11 is 0. The number of hydrogen-bond donors (Lipinski definition) is 0. The highest BCUT2D eigenvalue weighted by atomic mass is 35.7. The van der Waals surface area contributed by atoms with E-state index in [-0.39, 0.29) is 5.91 Å². The van der Waals surface area contributed by atoms with E-state index in [0.29, 0.717) is 6.42 Å². The number of nitrogens with zero attached hydrogens (tertiary/aromatic N) is 1. The summed E-state index contributed by atoms with van der Waals surface area (Å²) in [6, 6.07) is 0. The van der Waals surface area contributed by atoms with Gasteiger partial charge in [-0.1, -0.05) is 19.3 Å². The maximum atomic E-state index is 11.2. The van der Waals surface area contributed by atoms with Crippen molar-refractivity contribution in [3.05, 3.63) is 0 Å². The van der Waals surface area contributed by atoms with Gasteiger partial charge in [-0.15, -0.1) is 0 Å². The van der Waals surface area contributed by atoms with E-state index in [1.165, 1.54) is 0 Å². The van der Waals surface area contributed by atoms with E-state index in [4.69, 9.17) is 10.7 Å². The SMILES string of the molecule is O=C1CC2(CCCCC2)N1S(=O)(=O)Cl. The molecule has 0 radical (unpaired) electrons. The van der Waals surface area contributed by atoms with Crippen molar-refractivity contribution in [2.24, 2.45) is 0 Å². The zero-order valence-electron chi connectivity index (χ0n) is 7.70. The molecule has 1 amide bonds. The minimum absolute atomic E-state index is 0.346. The van der Waals surface area contributed by atoms with Crippen LogP contribution >= 0.6 is 10.7 Å². The Morgan fingerprint density at radius 2 is 1.79 bits per heavy atom. The summed E-state index contributed by atoms with van der Waals surface area (Å²) in [7, 11) is 1.36. The van der Waals surface area contributed by atoms with Crippen LogP contribution in [0.15, 0.2) is 0 Å². The van der Waals surface area contributed by atoms with Gasteiger partial charge in [0, 0.05) is 10.7 Å². The fourth-order valence-corrected chi connectivity index (χ4v) is 4.23. The van der Waals surface area contributed by atoms with Gasteiger partial charge < -0.3 is 0 Å². The Morgan fingerprint density at radius 3 is 2.21 bits per heavy atom. The summed E-state index contributed by atoms with van der Waals surface area (Å²) in [5.74, 6) is -0.359. The van der Waals surface area contributed by atoms with Crippen LogP contribution in [-0.2, 0) is 14.0 Å². The molecule has 1 aliphatic heterocycles. The molecule has 14 heavy (non-hydrogen) atoms. The monoisotopic (exact) mass is 237 g/mol. The summed E-state index contributed by atoms with van der Waals surface area (Å²) in [5, 5.41) is 0. The molecule has 2 rings (SSSR count). The van der Waals surface area contributed by atoms with Crippen LogP contribution in [0.5, 0.6) is 0 Å². The molecular weight excluding hydrogens is 226 g/mol. The van der Waals surface area contributed by atoms with E-state index < -0.39 is 14.8 Å². The predicted molar refractivity (Wildman–Crippen MR) is 52.1 cm³/mol. The zero-order valence-corrected chi connectivity index (χ0v) is 9.27. The van der Waals surface area contributed by atoms with E-state index in [1.807, 2.05) is 0 Å². The van der Waals surface area contributed by atoms with Crippen LogP contribution in [0.2, 0.25) is 0 Å². The molecule has 0 atom stereocenters. The van der Waals surface area contributed by atoms with Crippen LogP contribution < -0.4 is 0 Å². The molecule has 0 bridgehead atoms. The fraction of sp³-hybridized carbons (Fsp3) is 0.875. The van der Waals surface area contributed by atoms with Crippen LogP contribution in [0.3, 0.4) is 0 Å². The number of hydrogen-bond acceptors (Lipinski definition) is 3. The van der Waals surface area contributed by atoms with E-state index in [1.54, 1.807) is 0 Å². The van der Waals surface area contributed by atoms with Crippen LogP contribution in [0.25, 0.3) is 0 Å².